The highest BCUT2D eigenvalue weighted by molar-refractivity contribution is 6.32. The predicted molar refractivity (Wildman–Crippen MR) is 61.9 cm³/mol. The van der Waals surface area contributed by atoms with Crippen LogP contribution in [0.3, 0.4) is 0 Å². The molecule has 1 saturated heterocycles. The van der Waals surface area contributed by atoms with E-state index in [0.717, 1.165) is 19.4 Å². The van der Waals surface area contributed by atoms with Gasteiger partial charge in [0.05, 0.1) is 6.10 Å². The van der Waals surface area contributed by atoms with Crippen molar-refractivity contribution in [3.05, 3.63) is 10.4 Å². The molecule has 0 saturated carbocycles. The largest absolute Gasteiger partial charge is 0.376 e. The molecular weight excluding hydrogens is 251 g/mol. The summed E-state index contributed by atoms with van der Waals surface area (Å²) < 4.78 is 5.57. The Hall–Kier alpha value is -0.650. The molecule has 1 aromatic heterocycles. The van der Waals surface area contributed by atoms with E-state index >= 15 is 0 Å². The van der Waals surface area contributed by atoms with Crippen molar-refractivity contribution in [1.82, 2.24) is 15.2 Å². The van der Waals surface area contributed by atoms with E-state index in [1.807, 2.05) is 0 Å². The summed E-state index contributed by atoms with van der Waals surface area (Å²) in [6.45, 7) is 1.48. The second-order valence-electron chi connectivity index (χ2n) is 3.59. The van der Waals surface area contributed by atoms with Gasteiger partial charge in [0.1, 0.15) is 0 Å². The lowest BCUT2D eigenvalue weighted by Crippen LogP contribution is -2.27. The minimum atomic E-state index is 0.0801. The molecule has 1 unspecified atom stereocenters. The molecule has 2 heterocycles. The smallest absolute Gasteiger partial charge is 0.245 e. The van der Waals surface area contributed by atoms with Gasteiger partial charge < -0.3 is 10.1 Å². The summed E-state index contributed by atoms with van der Waals surface area (Å²) in [7, 11) is 0. The van der Waals surface area contributed by atoms with Gasteiger partial charge in [0, 0.05) is 13.2 Å². The highest BCUT2D eigenvalue weighted by Gasteiger charge is 2.14. The third kappa shape index (κ3) is 3.17. The summed E-state index contributed by atoms with van der Waals surface area (Å²) in [5.74, 6) is 0.454. The van der Waals surface area contributed by atoms with Crippen LogP contribution >= 0.6 is 23.2 Å². The Morgan fingerprint density at radius 3 is 2.94 bits per heavy atom. The average Bonchev–Trinajstić information content (AvgIpc) is 2.32. The number of aromatic nitrogens is 3. The van der Waals surface area contributed by atoms with Crippen LogP contribution in [0.2, 0.25) is 10.4 Å². The molecule has 1 fully saturated rings. The lowest BCUT2D eigenvalue weighted by atomic mass is 10.1. The van der Waals surface area contributed by atoms with E-state index in [0.29, 0.717) is 12.4 Å². The molecule has 0 bridgehead atoms. The summed E-state index contributed by atoms with van der Waals surface area (Å²) in [6, 6.07) is 0. The quantitative estimate of drug-likeness (QED) is 0.905. The molecule has 0 radical (unpaired) electrons. The summed E-state index contributed by atoms with van der Waals surface area (Å²) in [4.78, 5) is 3.95. The number of ether oxygens (including phenoxy) is 1. The zero-order chi connectivity index (χ0) is 11.4. The lowest BCUT2D eigenvalue weighted by molar-refractivity contribution is 0.0247. The van der Waals surface area contributed by atoms with Crippen LogP contribution in [0.1, 0.15) is 19.3 Å². The van der Waals surface area contributed by atoms with Crippen molar-refractivity contribution in [3.63, 3.8) is 0 Å². The third-order valence-corrected chi connectivity index (χ3v) is 2.81. The average molecular weight is 263 g/mol. The van der Waals surface area contributed by atoms with Crippen molar-refractivity contribution in [3.8, 4) is 0 Å². The van der Waals surface area contributed by atoms with Gasteiger partial charge in [-0.3, -0.25) is 0 Å². The molecule has 0 spiro atoms. The molecule has 0 aromatic carbocycles. The Bertz CT molecular complexity index is 357. The van der Waals surface area contributed by atoms with E-state index < -0.39 is 0 Å². The molecule has 1 N–H and O–H groups in total. The minimum absolute atomic E-state index is 0.0801. The third-order valence-electron chi connectivity index (χ3n) is 2.39. The fourth-order valence-corrected chi connectivity index (χ4v) is 1.85. The van der Waals surface area contributed by atoms with Gasteiger partial charge in [-0.15, -0.1) is 10.2 Å². The fourth-order valence-electron chi connectivity index (χ4n) is 1.58. The Morgan fingerprint density at radius 1 is 1.31 bits per heavy atom. The zero-order valence-electron chi connectivity index (χ0n) is 8.62. The number of nitrogens with one attached hydrogen (secondary N) is 1. The summed E-state index contributed by atoms with van der Waals surface area (Å²) >= 11 is 11.4. The van der Waals surface area contributed by atoms with E-state index in [1.54, 1.807) is 0 Å². The SMILES string of the molecule is Clc1nnc(Cl)c(NCC2CCCCO2)n1. The van der Waals surface area contributed by atoms with Gasteiger partial charge in [-0.05, 0) is 30.9 Å². The van der Waals surface area contributed by atoms with E-state index in [9.17, 15) is 0 Å². The van der Waals surface area contributed by atoms with E-state index in [-0.39, 0.29) is 16.5 Å². The standard InChI is InChI=1S/C9H12Cl2N4O/c10-7-8(13-9(11)15-14-7)12-5-6-3-1-2-4-16-6/h6H,1-5H2,(H,12,13,15). The first-order valence-electron chi connectivity index (χ1n) is 5.17. The predicted octanol–water partition coefficient (Wildman–Crippen LogP) is 2.16. The topological polar surface area (TPSA) is 59.9 Å². The van der Waals surface area contributed by atoms with Gasteiger partial charge in [0.15, 0.2) is 11.0 Å². The molecule has 16 heavy (non-hydrogen) atoms. The second kappa shape index (κ2) is 5.61. The molecule has 1 atom stereocenters. The van der Waals surface area contributed by atoms with E-state index in [2.05, 4.69) is 20.5 Å². The molecule has 1 aromatic rings. The first-order valence-corrected chi connectivity index (χ1v) is 5.92. The van der Waals surface area contributed by atoms with Gasteiger partial charge in [0.25, 0.3) is 0 Å². The number of anilines is 1. The zero-order valence-corrected chi connectivity index (χ0v) is 10.1. The van der Waals surface area contributed by atoms with Crippen molar-refractivity contribution in [2.45, 2.75) is 25.4 Å². The number of halogens is 2. The van der Waals surface area contributed by atoms with Gasteiger partial charge >= 0.3 is 0 Å². The van der Waals surface area contributed by atoms with E-state index in [1.165, 1.54) is 6.42 Å². The maximum absolute atomic E-state index is 5.82. The summed E-state index contributed by atoms with van der Waals surface area (Å²) in [5, 5.41) is 10.6. The van der Waals surface area contributed by atoms with Gasteiger partial charge in [-0.25, -0.2) is 0 Å². The van der Waals surface area contributed by atoms with Crippen molar-refractivity contribution >= 4 is 29.0 Å². The minimum Gasteiger partial charge on any atom is -0.376 e. The maximum atomic E-state index is 5.82. The van der Waals surface area contributed by atoms with Crippen molar-refractivity contribution in [2.24, 2.45) is 0 Å². The molecule has 1 aliphatic rings. The number of hydrogen-bond donors (Lipinski definition) is 1. The first-order chi connectivity index (χ1) is 7.75. The molecular formula is C9H12Cl2N4O. The van der Waals surface area contributed by atoms with Crippen LogP contribution in [0.15, 0.2) is 0 Å². The maximum Gasteiger partial charge on any atom is 0.245 e. The van der Waals surface area contributed by atoms with Crippen LogP contribution < -0.4 is 5.32 Å². The van der Waals surface area contributed by atoms with Crippen LogP contribution in [0, 0.1) is 0 Å². The highest BCUT2D eigenvalue weighted by Crippen LogP contribution is 2.18. The van der Waals surface area contributed by atoms with Crippen molar-refractivity contribution in [2.75, 3.05) is 18.5 Å². The molecule has 2 rings (SSSR count). The Morgan fingerprint density at radius 2 is 2.19 bits per heavy atom. The van der Waals surface area contributed by atoms with Gasteiger partial charge in [-0.1, -0.05) is 11.6 Å². The number of rotatable bonds is 3. The number of hydrogen-bond acceptors (Lipinski definition) is 5. The van der Waals surface area contributed by atoms with Crippen LogP contribution in [-0.2, 0) is 4.74 Å². The lowest BCUT2D eigenvalue weighted by Gasteiger charge is -2.22. The van der Waals surface area contributed by atoms with Gasteiger partial charge in [0.2, 0.25) is 5.28 Å². The Kier molecular flexibility index (Phi) is 4.15. The van der Waals surface area contributed by atoms with E-state index in [4.69, 9.17) is 27.9 Å². The highest BCUT2D eigenvalue weighted by atomic mass is 35.5. The first kappa shape index (κ1) is 11.8. The van der Waals surface area contributed by atoms with Crippen molar-refractivity contribution in [1.29, 1.82) is 0 Å². The van der Waals surface area contributed by atoms with Gasteiger partial charge in [-0.2, -0.15) is 4.98 Å². The molecule has 1 aliphatic heterocycles. The summed E-state index contributed by atoms with van der Waals surface area (Å²) in [6.07, 6.45) is 3.59. The van der Waals surface area contributed by atoms with Crippen molar-refractivity contribution < 1.29 is 4.74 Å². The monoisotopic (exact) mass is 262 g/mol. The molecule has 7 heteroatoms. The second-order valence-corrected chi connectivity index (χ2v) is 4.29. The molecule has 88 valence electrons. The molecule has 0 aliphatic carbocycles. The van der Waals surface area contributed by atoms with Crippen LogP contribution in [-0.4, -0.2) is 34.4 Å². The Balaban J connectivity index is 1.90. The number of nitrogens with zero attached hydrogens (tertiary/aromatic N) is 3. The molecule has 5 nitrogen and oxygen atoms in total. The van der Waals surface area contributed by atoms with Crippen LogP contribution in [0.25, 0.3) is 0 Å². The fraction of sp³-hybridized carbons (Fsp3) is 0.667. The normalized spacial score (nSPS) is 20.8. The molecule has 0 amide bonds. The van der Waals surface area contributed by atoms with Crippen LogP contribution in [0.4, 0.5) is 5.82 Å². The summed E-state index contributed by atoms with van der Waals surface area (Å²) in [5.41, 5.74) is 0. The van der Waals surface area contributed by atoms with Crippen LogP contribution in [0.5, 0.6) is 0 Å². The Labute approximate surface area is 104 Å².